The second-order valence-corrected chi connectivity index (χ2v) is 6.93. The predicted octanol–water partition coefficient (Wildman–Crippen LogP) is 2.68. The van der Waals surface area contributed by atoms with Crippen LogP contribution in [0.25, 0.3) is 0 Å². The van der Waals surface area contributed by atoms with Crippen LogP contribution in [0.5, 0.6) is 5.75 Å². The fourth-order valence-electron chi connectivity index (χ4n) is 3.32. The Morgan fingerprint density at radius 2 is 1.30 bits per heavy atom. The van der Waals surface area contributed by atoms with Gasteiger partial charge in [-0.25, -0.2) is 0 Å². The maximum absolute atomic E-state index is 10.8. The molecule has 5 heteroatoms. The van der Waals surface area contributed by atoms with E-state index >= 15 is 0 Å². The van der Waals surface area contributed by atoms with E-state index in [0.29, 0.717) is 5.75 Å². The minimum Gasteiger partial charge on any atom is -0.508 e. The zero-order valence-electron chi connectivity index (χ0n) is 15.6. The summed E-state index contributed by atoms with van der Waals surface area (Å²) in [5.74, 6) is 0.366. The van der Waals surface area contributed by atoms with Crippen molar-refractivity contribution < 1.29 is 19.3 Å². The molecule has 1 rings (SSSR count). The van der Waals surface area contributed by atoms with Crippen LogP contribution >= 0.6 is 0 Å². The van der Waals surface area contributed by atoms with Gasteiger partial charge in [0.25, 0.3) is 0 Å². The van der Waals surface area contributed by atoms with E-state index in [9.17, 15) is 5.11 Å². The van der Waals surface area contributed by atoms with Crippen LogP contribution in [0.2, 0.25) is 0 Å². The van der Waals surface area contributed by atoms with Crippen molar-refractivity contribution in [2.75, 3.05) is 21.3 Å². The Kier molecular flexibility index (Phi) is 8.26. The lowest BCUT2D eigenvalue weighted by atomic mass is 9.87. The number of hydrogen-bond donors (Lipinski definition) is 1. The highest BCUT2D eigenvalue weighted by Gasteiger charge is 2.29. The minimum absolute atomic E-state index is 0.00406. The molecule has 1 aromatic carbocycles. The number of rotatable bonds is 9. The minimum atomic E-state index is -0.142. The smallest absolute Gasteiger partial charge is 0.119 e. The van der Waals surface area contributed by atoms with Crippen molar-refractivity contribution in [3.05, 3.63) is 22.8 Å². The van der Waals surface area contributed by atoms with Gasteiger partial charge >= 0.3 is 0 Å². The molecule has 4 nitrogen and oxygen atoms in total. The van der Waals surface area contributed by atoms with Crippen molar-refractivity contribution >= 4 is 15.4 Å². The number of hydrogen-bond acceptors (Lipinski definition) is 4. The van der Waals surface area contributed by atoms with Crippen LogP contribution in [-0.4, -0.2) is 36.7 Å². The summed E-state index contributed by atoms with van der Waals surface area (Å²) in [6.07, 6.45) is 2.27. The molecule has 0 aliphatic rings. The summed E-state index contributed by atoms with van der Waals surface area (Å²) >= 11 is 0. The summed E-state index contributed by atoms with van der Waals surface area (Å²) in [4.78, 5) is 0. The topological polar surface area (TPSA) is 47.9 Å². The molecule has 0 bridgehead atoms. The molecule has 0 aromatic heterocycles. The fourth-order valence-corrected chi connectivity index (χ4v) is 3.90. The van der Waals surface area contributed by atoms with Crippen molar-refractivity contribution in [3.63, 3.8) is 0 Å². The molecular formula is C18H32O4Si. The monoisotopic (exact) mass is 340 g/mol. The summed E-state index contributed by atoms with van der Waals surface area (Å²) in [5.41, 5.74) is 3.04. The van der Waals surface area contributed by atoms with E-state index in [1.807, 2.05) is 0 Å². The predicted molar refractivity (Wildman–Crippen MR) is 97.8 cm³/mol. The Bertz CT molecular complexity index is 492. The van der Waals surface area contributed by atoms with E-state index < -0.39 is 0 Å². The molecule has 0 saturated heterocycles. The van der Waals surface area contributed by atoms with Crippen LogP contribution in [0.15, 0.2) is 6.07 Å². The lowest BCUT2D eigenvalue weighted by Crippen LogP contribution is -2.20. The molecule has 0 spiro atoms. The molecule has 0 aliphatic heterocycles. The lowest BCUT2D eigenvalue weighted by molar-refractivity contribution is 0.0692. The van der Waals surface area contributed by atoms with Gasteiger partial charge in [0.15, 0.2) is 0 Å². The maximum Gasteiger partial charge on any atom is 0.119 e. The molecule has 0 fully saturated rings. The molecule has 3 atom stereocenters. The van der Waals surface area contributed by atoms with E-state index in [-0.39, 0.29) is 18.3 Å². The van der Waals surface area contributed by atoms with Gasteiger partial charge in [0.2, 0.25) is 0 Å². The highest BCUT2D eigenvalue weighted by atomic mass is 28.1. The first-order chi connectivity index (χ1) is 11.0. The molecule has 3 unspecified atom stereocenters. The molecule has 1 N–H and O–H groups in total. The Morgan fingerprint density at radius 1 is 0.870 bits per heavy atom. The van der Waals surface area contributed by atoms with Crippen molar-refractivity contribution in [1.29, 1.82) is 0 Å². The number of phenolic OH excluding ortho intramolecular Hbond substituents is 1. The fraction of sp³-hybridized carbons (Fsp3) is 0.667. The van der Waals surface area contributed by atoms with Gasteiger partial charge in [0.1, 0.15) is 5.75 Å². The van der Waals surface area contributed by atoms with Crippen LogP contribution in [0, 0.1) is 0 Å². The lowest BCUT2D eigenvalue weighted by Gasteiger charge is -2.29. The Hall–Kier alpha value is -0.883. The van der Waals surface area contributed by atoms with E-state index in [1.165, 1.54) is 0 Å². The third kappa shape index (κ3) is 4.15. The maximum atomic E-state index is 10.8. The quantitative estimate of drug-likeness (QED) is 0.702. The number of methoxy groups -OCH3 is 3. The van der Waals surface area contributed by atoms with Crippen molar-refractivity contribution in [1.82, 2.24) is 0 Å². The van der Waals surface area contributed by atoms with Crippen molar-refractivity contribution in [2.45, 2.75) is 58.3 Å². The van der Waals surface area contributed by atoms with Crippen LogP contribution in [0.4, 0.5) is 0 Å². The summed E-state index contributed by atoms with van der Waals surface area (Å²) in [5, 5.41) is 11.7. The molecule has 0 saturated carbocycles. The van der Waals surface area contributed by atoms with Crippen LogP contribution < -0.4 is 5.19 Å². The molecule has 0 radical (unpaired) electrons. The van der Waals surface area contributed by atoms with E-state index in [4.69, 9.17) is 14.2 Å². The van der Waals surface area contributed by atoms with E-state index in [1.54, 1.807) is 21.3 Å². The highest BCUT2D eigenvalue weighted by molar-refractivity contribution is 6.34. The normalized spacial score (nSPS) is 15.6. The van der Waals surface area contributed by atoms with Crippen molar-refractivity contribution in [3.8, 4) is 5.75 Å². The largest absolute Gasteiger partial charge is 0.508 e. The highest BCUT2D eigenvalue weighted by Crippen LogP contribution is 2.41. The van der Waals surface area contributed by atoms with Gasteiger partial charge in [0.05, 0.1) is 18.3 Å². The average molecular weight is 341 g/mol. The molecule has 0 aliphatic carbocycles. The molecule has 23 heavy (non-hydrogen) atoms. The second kappa shape index (κ2) is 9.42. The van der Waals surface area contributed by atoms with Gasteiger partial charge < -0.3 is 19.3 Å². The van der Waals surface area contributed by atoms with Crippen LogP contribution in [-0.2, 0) is 14.2 Å². The third-order valence-electron chi connectivity index (χ3n) is 4.56. The van der Waals surface area contributed by atoms with Gasteiger partial charge in [-0.05, 0) is 35.6 Å². The molecule has 1 aromatic rings. The van der Waals surface area contributed by atoms with Crippen molar-refractivity contribution in [2.24, 2.45) is 0 Å². The molecule has 132 valence electrons. The molecule has 0 heterocycles. The van der Waals surface area contributed by atoms with Gasteiger partial charge in [-0.2, -0.15) is 0 Å². The zero-order chi connectivity index (χ0) is 17.6. The van der Waals surface area contributed by atoms with E-state index in [2.05, 4.69) is 26.8 Å². The first-order valence-electron chi connectivity index (χ1n) is 8.44. The SMILES string of the molecule is CCC(OC)c1cc([SiH3])c(O)c(C(CC)OC)c1C(CC)OC. The summed E-state index contributed by atoms with van der Waals surface area (Å²) in [6, 6.07) is 2.09. The summed E-state index contributed by atoms with van der Waals surface area (Å²) in [7, 11) is 5.91. The van der Waals surface area contributed by atoms with Crippen LogP contribution in [0.1, 0.15) is 75.0 Å². The van der Waals surface area contributed by atoms with E-state index in [0.717, 1.165) is 51.4 Å². The van der Waals surface area contributed by atoms with Gasteiger partial charge in [-0.1, -0.05) is 26.8 Å². The number of aromatic hydroxyl groups is 1. The van der Waals surface area contributed by atoms with Gasteiger partial charge in [0, 0.05) is 37.1 Å². The first-order valence-corrected chi connectivity index (χ1v) is 9.44. The number of ether oxygens (including phenoxy) is 3. The Morgan fingerprint density at radius 3 is 1.70 bits per heavy atom. The van der Waals surface area contributed by atoms with Gasteiger partial charge in [-0.3, -0.25) is 0 Å². The number of phenols is 1. The summed E-state index contributed by atoms with van der Waals surface area (Å²) < 4.78 is 17.1. The third-order valence-corrected chi connectivity index (χ3v) is 5.32. The zero-order valence-corrected chi connectivity index (χ0v) is 17.6. The Labute approximate surface area is 143 Å². The standard InChI is InChI=1S/C18H32O4Si/c1-7-12(20-4)11-10-15(23)18(19)17(14(9-3)22-6)16(11)13(8-2)21-5/h10,12-14,19H,7-9H2,1-6,23H3. The number of benzene rings is 1. The first kappa shape index (κ1) is 20.2. The molecular weight excluding hydrogens is 308 g/mol. The summed E-state index contributed by atoms with van der Waals surface area (Å²) in [6.45, 7) is 6.27. The second-order valence-electron chi connectivity index (χ2n) is 5.86. The average Bonchev–Trinajstić information content (AvgIpc) is 2.56. The molecule has 0 amide bonds. The Balaban J connectivity index is 3.75. The van der Waals surface area contributed by atoms with Gasteiger partial charge in [-0.15, -0.1) is 0 Å². The van der Waals surface area contributed by atoms with Crippen LogP contribution in [0.3, 0.4) is 0 Å².